The molecule has 0 spiro atoms. The fraction of sp³-hybridized carbons (Fsp3) is 0.263. The minimum atomic E-state index is -0.240. The van der Waals surface area contributed by atoms with Crippen LogP contribution in [0.15, 0.2) is 36.7 Å². The first-order valence-electron chi connectivity index (χ1n) is 8.95. The smallest absolute Gasteiger partial charge is 0.319 e. The molecular weight excluding hydrogens is 356 g/mol. The summed E-state index contributed by atoms with van der Waals surface area (Å²) in [5.74, 6) is 1.80. The van der Waals surface area contributed by atoms with E-state index in [1.807, 2.05) is 52.0 Å². The minimum Gasteiger partial charge on any atom is -0.339 e. The number of aromatic nitrogens is 4. The quantitative estimate of drug-likeness (QED) is 0.443. The Kier molecular flexibility index (Phi) is 5.73. The molecule has 0 saturated heterocycles. The second-order valence-corrected chi connectivity index (χ2v) is 6.76. The Balaban J connectivity index is 1.72. The Hall–Kier alpha value is -3.62. The van der Waals surface area contributed by atoms with Crippen molar-refractivity contribution in [1.29, 1.82) is 0 Å². The summed E-state index contributed by atoms with van der Waals surface area (Å²) in [6.07, 6.45) is 3.24. The summed E-state index contributed by atoms with van der Waals surface area (Å²) in [7, 11) is 0. The second kappa shape index (κ2) is 8.38. The number of rotatable bonds is 6. The zero-order valence-electron chi connectivity index (χ0n) is 16.3. The normalized spacial score (nSPS) is 10.6. The summed E-state index contributed by atoms with van der Waals surface area (Å²) in [6.45, 7) is 7.68. The van der Waals surface area contributed by atoms with Crippen molar-refractivity contribution in [2.45, 2.75) is 33.7 Å². The highest BCUT2D eigenvalue weighted by Gasteiger charge is 2.08. The third-order valence-electron chi connectivity index (χ3n) is 3.77. The Labute approximate surface area is 163 Å². The van der Waals surface area contributed by atoms with Gasteiger partial charge in [0.2, 0.25) is 0 Å². The van der Waals surface area contributed by atoms with E-state index in [1.165, 1.54) is 0 Å². The molecule has 0 unspecified atom stereocenters. The number of aromatic amines is 1. The average molecular weight is 380 g/mol. The van der Waals surface area contributed by atoms with Crippen LogP contribution in [0.2, 0.25) is 0 Å². The van der Waals surface area contributed by atoms with Crippen LogP contribution in [-0.2, 0) is 0 Å². The molecule has 0 bridgehead atoms. The molecule has 2 heterocycles. The lowest BCUT2D eigenvalue weighted by atomic mass is 10.2. The van der Waals surface area contributed by atoms with E-state index < -0.39 is 0 Å². The molecule has 3 rings (SSSR count). The average Bonchev–Trinajstić information content (AvgIpc) is 3.02. The van der Waals surface area contributed by atoms with Gasteiger partial charge in [-0.25, -0.2) is 9.78 Å². The number of urea groups is 1. The number of carbonyl (C=O) groups excluding carboxylic acids is 1. The molecule has 9 nitrogen and oxygen atoms in total. The van der Waals surface area contributed by atoms with Crippen LogP contribution in [-0.4, -0.2) is 32.2 Å². The van der Waals surface area contributed by atoms with Crippen LogP contribution >= 0.6 is 0 Å². The maximum Gasteiger partial charge on any atom is 0.319 e. The molecule has 2 amide bonds. The van der Waals surface area contributed by atoms with Gasteiger partial charge < -0.3 is 21.3 Å². The molecular formula is C19H24N8O. The highest BCUT2D eigenvalue weighted by molar-refractivity contribution is 5.91. The van der Waals surface area contributed by atoms with Gasteiger partial charge in [0.15, 0.2) is 17.5 Å². The molecule has 2 aromatic heterocycles. The fourth-order valence-corrected chi connectivity index (χ4v) is 2.50. The fourth-order valence-electron chi connectivity index (χ4n) is 2.50. The SMILES string of the molecule is Cc1cc(Nc2cncc(Nc3ccc(C)c(NC(=O)NC(C)C)c3)n2)n[nH]1. The highest BCUT2D eigenvalue weighted by atomic mass is 16.2. The lowest BCUT2D eigenvalue weighted by molar-refractivity contribution is 0.250. The number of hydrogen-bond donors (Lipinski definition) is 5. The van der Waals surface area contributed by atoms with Gasteiger partial charge >= 0.3 is 6.03 Å². The van der Waals surface area contributed by atoms with Gasteiger partial charge in [-0.2, -0.15) is 5.10 Å². The molecule has 0 aliphatic rings. The van der Waals surface area contributed by atoms with Crippen molar-refractivity contribution in [1.82, 2.24) is 25.5 Å². The van der Waals surface area contributed by atoms with Gasteiger partial charge in [-0.15, -0.1) is 0 Å². The van der Waals surface area contributed by atoms with Crippen LogP contribution in [0.1, 0.15) is 25.1 Å². The van der Waals surface area contributed by atoms with Crippen molar-refractivity contribution in [3.63, 3.8) is 0 Å². The highest BCUT2D eigenvalue weighted by Crippen LogP contribution is 2.23. The standard InChI is InChI=1S/C19H24N8O/c1-11(2)21-19(28)23-15-8-14(6-5-12(15)3)22-17-9-20-10-18(25-17)24-16-7-13(4)26-27-16/h5-11H,1-4H3,(H2,21,23,28)(H3,22,24,25,26,27). The van der Waals surface area contributed by atoms with Crippen LogP contribution < -0.4 is 21.3 Å². The number of benzene rings is 1. The van der Waals surface area contributed by atoms with Gasteiger partial charge in [0.25, 0.3) is 0 Å². The maximum absolute atomic E-state index is 12.0. The number of nitrogens with one attached hydrogen (secondary N) is 5. The second-order valence-electron chi connectivity index (χ2n) is 6.76. The summed E-state index contributed by atoms with van der Waals surface area (Å²) >= 11 is 0. The number of hydrogen-bond acceptors (Lipinski definition) is 6. The zero-order chi connectivity index (χ0) is 20.1. The van der Waals surface area contributed by atoms with Gasteiger partial charge in [-0.3, -0.25) is 10.1 Å². The molecule has 0 aliphatic carbocycles. The van der Waals surface area contributed by atoms with E-state index in [0.29, 0.717) is 17.5 Å². The molecule has 0 radical (unpaired) electrons. The van der Waals surface area contributed by atoms with Crippen LogP contribution in [0.4, 0.5) is 33.6 Å². The van der Waals surface area contributed by atoms with E-state index in [2.05, 4.69) is 41.4 Å². The van der Waals surface area contributed by atoms with Crippen LogP contribution in [0, 0.1) is 13.8 Å². The lowest BCUT2D eigenvalue weighted by Crippen LogP contribution is -2.34. The predicted molar refractivity (Wildman–Crippen MR) is 110 cm³/mol. The number of nitrogens with zero attached hydrogens (tertiary/aromatic N) is 3. The number of H-pyrrole nitrogens is 1. The first-order valence-corrected chi connectivity index (χ1v) is 8.95. The van der Waals surface area contributed by atoms with Gasteiger partial charge in [-0.05, 0) is 45.4 Å². The Morgan fingerprint density at radius 2 is 1.79 bits per heavy atom. The van der Waals surface area contributed by atoms with Gasteiger partial charge in [0, 0.05) is 29.2 Å². The van der Waals surface area contributed by atoms with Crippen LogP contribution in [0.3, 0.4) is 0 Å². The maximum atomic E-state index is 12.0. The molecule has 5 N–H and O–H groups in total. The van der Waals surface area contributed by atoms with Crippen molar-refractivity contribution in [3.05, 3.63) is 47.9 Å². The first-order chi connectivity index (χ1) is 13.4. The number of anilines is 5. The molecule has 0 aliphatic heterocycles. The molecule has 9 heteroatoms. The van der Waals surface area contributed by atoms with Crippen LogP contribution in [0.25, 0.3) is 0 Å². The lowest BCUT2D eigenvalue weighted by Gasteiger charge is -2.14. The molecule has 0 fully saturated rings. The first kappa shape index (κ1) is 19.2. The summed E-state index contributed by atoms with van der Waals surface area (Å²) in [4.78, 5) is 20.7. The van der Waals surface area contributed by atoms with Crippen molar-refractivity contribution in [3.8, 4) is 0 Å². The largest absolute Gasteiger partial charge is 0.339 e. The monoisotopic (exact) mass is 380 g/mol. The Morgan fingerprint density at radius 1 is 1.04 bits per heavy atom. The van der Waals surface area contributed by atoms with E-state index in [4.69, 9.17) is 0 Å². The van der Waals surface area contributed by atoms with Crippen molar-refractivity contribution in [2.75, 3.05) is 16.0 Å². The molecule has 3 aromatic rings. The Morgan fingerprint density at radius 3 is 2.46 bits per heavy atom. The third kappa shape index (κ3) is 5.19. The number of aryl methyl sites for hydroxylation is 2. The number of amides is 2. The van der Waals surface area contributed by atoms with E-state index in [1.54, 1.807) is 12.4 Å². The topological polar surface area (TPSA) is 120 Å². The summed E-state index contributed by atoms with van der Waals surface area (Å²) < 4.78 is 0. The summed E-state index contributed by atoms with van der Waals surface area (Å²) in [5.41, 5.74) is 3.41. The van der Waals surface area contributed by atoms with E-state index in [9.17, 15) is 4.79 Å². The molecule has 146 valence electrons. The van der Waals surface area contributed by atoms with E-state index in [0.717, 1.165) is 22.6 Å². The summed E-state index contributed by atoms with van der Waals surface area (Å²) in [5, 5.41) is 19.0. The third-order valence-corrected chi connectivity index (χ3v) is 3.77. The molecule has 28 heavy (non-hydrogen) atoms. The van der Waals surface area contributed by atoms with E-state index >= 15 is 0 Å². The van der Waals surface area contributed by atoms with Crippen molar-refractivity contribution in [2.24, 2.45) is 0 Å². The van der Waals surface area contributed by atoms with Crippen molar-refractivity contribution < 1.29 is 4.79 Å². The summed E-state index contributed by atoms with van der Waals surface area (Å²) in [6, 6.07) is 7.39. The van der Waals surface area contributed by atoms with Gasteiger partial charge in [0.1, 0.15) is 0 Å². The van der Waals surface area contributed by atoms with Crippen molar-refractivity contribution >= 4 is 34.9 Å². The predicted octanol–water partition coefficient (Wildman–Crippen LogP) is 3.83. The Bertz CT molecular complexity index is 966. The molecule has 1 aromatic carbocycles. The van der Waals surface area contributed by atoms with Gasteiger partial charge in [-0.1, -0.05) is 6.07 Å². The van der Waals surface area contributed by atoms with Crippen LogP contribution in [0.5, 0.6) is 0 Å². The zero-order valence-corrected chi connectivity index (χ0v) is 16.3. The molecule has 0 atom stereocenters. The molecule has 0 saturated carbocycles. The number of carbonyl (C=O) groups is 1. The van der Waals surface area contributed by atoms with E-state index in [-0.39, 0.29) is 12.1 Å². The minimum absolute atomic E-state index is 0.0606. The van der Waals surface area contributed by atoms with Gasteiger partial charge in [0.05, 0.1) is 12.4 Å².